The molecule has 0 saturated heterocycles. The minimum atomic E-state index is -2.46. The van der Waals surface area contributed by atoms with Gasteiger partial charge in [-0.2, -0.15) is 0 Å². The first kappa shape index (κ1) is 31.7. The summed E-state index contributed by atoms with van der Waals surface area (Å²) in [7, 11) is 0. The molecule has 6 rings (SSSR count). The maximum Gasteiger partial charge on any atom is 0.0401 e. The van der Waals surface area contributed by atoms with Crippen molar-refractivity contribution in [2.45, 2.75) is 0 Å². The molecule has 4 N–H and O–H groups in total. The van der Waals surface area contributed by atoms with E-state index in [1.54, 1.807) is 6.20 Å². The van der Waals surface area contributed by atoms with Crippen LogP contribution in [0.3, 0.4) is 0 Å². The summed E-state index contributed by atoms with van der Waals surface area (Å²) in [6.45, 7) is 0. The lowest BCUT2D eigenvalue weighted by Crippen LogP contribution is -2.28. The van der Waals surface area contributed by atoms with Gasteiger partial charge >= 0.3 is 0 Å². The lowest BCUT2D eigenvalue weighted by molar-refractivity contribution is 1.52. The van der Waals surface area contributed by atoms with Crippen LogP contribution >= 0.6 is 12.1 Å². The number of allylic oxidation sites excluding steroid dienone is 2. The average molecular weight is 669 g/mol. The van der Waals surface area contributed by atoms with E-state index in [9.17, 15) is 0 Å². The Bertz CT molecular complexity index is 2020. The zero-order chi connectivity index (χ0) is 32.0. The van der Waals surface area contributed by atoms with Crippen LogP contribution < -0.4 is 43.3 Å². The summed E-state index contributed by atoms with van der Waals surface area (Å²) in [5.41, 5.74) is 16.8. The van der Waals surface area contributed by atoms with Gasteiger partial charge in [-0.15, -0.1) is 0 Å². The molecule has 0 atom stereocenters. The Kier molecular flexibility index (Phi) is 9.64. The average Bonchev–Trinajstić information content (AvgIpc) is 3.14. The molecule has 0 spiro atoms. The second-order valence-electron chi connectivity index (χ2n) is 10.8. The van der Waals surface area contributed by atoms with E-state index in [-0.39, 0.29) is 0 Å². The minimum absolute atomic E-state index is 0.593. The lowest BCUT2D eigenvalue weighted by Gasteiger charge is -2.27. The van der Waals surface area contributed by atoms with Crippen molar-refractivity contribution in [2.75, 3.05) is 0 Å². The zero-order valence-corrected chi connectivity index (χ0v) is 28.6. The van der Waals surface area contributed by atoms with E-state index in [4.69, 9.17) is 35.1 Å². The topological polar surface area (TPSA) is 52.0 Å². The van der Waals surface area contributed by atoms with Crippen molar-refractivity contribution in [1.82, 2.24) is 0 Å². The third kappa shape index (κ3) is 5.98. The van der Waals surface area contributed by atoms with Crippen molar-refractivity contribution in [3.8, 4) is 0 Å². The first-order chi connectivity index (χ1) is 22.5. The van der Waals surface area contributed by atoms with Gasteiger partial charge in [0, 0.05) is 40.1 Å². The molecule has 6 aromatic carbocycles. The van der Waals surface area contributed by atoms with Gasteiger partial charge in [0.05, 0.1) is 0 Å². The largest absolute Gasteiger partial charge is 0.404 e. The fourth-order valence-corrected chi connectivity index (χ4v) is 14.0. The van der Waals surface area contributed by atoms with Gasteiger partial charge in [-0.05, 0) is 38.4 Å². The van der Waals surface area contributed by atoms with E-state index in [0.29, 0.717) is 5.70 Å². The van der Waals surface area contributed by atoms with Crippen LogP contribution in [0.25, 0.3) is 11.3 Å². The maximum absolute atomic E-state index is 7.06. The Balaban J connectivity index is 1.52. The quantitative estimate of drug-likeness (QED) is 0.137. The van der Waals surface area contributed by atoms with Gasteiger partial charge in [0.2, 0.25) is 0 Å². The molecule has 0 bridgehead atoms. The number of benzene rings is 6. The first-order valence-corrected chi connectivity index (χ1v) is 20.6. The van der Waals surface area contributed by atoms with Crippen LogP contribution in [0, 0.1) is 0 Å². The predicted octanol–water partition coefficient (Wildman–Crippen LogP) is 6.50. The number of nitrogens with two attached hydrogens (primary N) is 2. The van der Waals surface area contributed by atoms with E-state index in [2.05, 4.69) is 127 Å². The Morgan fingerprint density at radius 3 is 1.11 bits per heavy atom. The van der Waals surface area contributed by atoms with Crippen molar-refractivity contribution in [2.24, 2.45) is 11.5 Å². The summed E-state index contributed by atoms with van der Waals surface area (Å²) >= 11 is 13.4. The van der Waals surface area contributed by atoms with E-state index in [0.717, 1.165) is 48.5 Å². The predicted molar refractivity (Wildman–Crippen MR) is 209 cm³/mol. The van der Waals surface area contributed by atoms with Gasteiger partial charge in [-0.1, -0.05) is 193 Å². The fraction of sp³-hybridized carbons (Fsp3) is 0. The van der Waals surface area contributed by atoms with Crippen molar-refractivity contribution < 1.29 is 0 Å². The van der Waals surface area contributed by atoms with Crippen LogP contribution in [0.1, 0.15) is 11.1 Å². The molecule has 6 heteroatoms. The summed E-state index contributed by atoms with van der Waals surface area (Å²) in [4.78, 5) is 0. The van der Waals surface area contributed by atoms with E-state index < -0.39 is 12.1 Å². The smallest absolute Gasteiger partial charge is 0.0401 e. The van der Waals surface area contributed by atoms with Crippen molar-refractivity contribution in [3.63, 3.8) is 0 Å². The molecule has 6 aromatic rings. The van der Waals surface area contributed by atoms with Crippen LogP contribution in [0.5, 0.6) is 0 Å². The van der Waals surface area contributed by atoms with Gasteiger partial charge in [0.1, 0.15) is 0 Å². The van der Waals surface area contributed by atoms with E-state index in [1.165, 1.54) is 0 Å². The Morgan fingerprint density at radius 1 is 0.435 bits per heavy atom. The van der Waals surface area contributed by atoms with Crippen LogP contribution in [0.15, 0.2) is 182 Å². The summed E-state index contributed by atoms with van der Waals surface area (Å²) < 4.78 is 0. The van der Waals surface area contributed by atoms with Crippen LogP contribution in [-0.4, -0.2) is 0 Å². The molecule has 0 saturated carbocycles. The molecule has 0 amide bonds. The Morgan fingerprint density at radius 2 is 0.739 bits per heavy atom. The molecule has 2 nitrogen and oxygen atoms in total. The first-order valence-electron chi connectivity index (χ1n) is 15.0. The minimum Gasteiger partial charge on any atom is -0.404 e. The van der Waals surface area contributed by atoms with Gasteiger partial charge in [0.25, 0.3) is 0 Å². The molecule has 0 aliphatic rings. The Hall–Kier alpha value is -4.30. The normalized spacial score (nSPS) is 12.5. The fourth-order valence-electron chi connectivity index (χ4n) is 5.85. The highest BCUT2D eigenvalue weighted by molar-refractivity contribution is 8.26. The molecule has 0 aromatic heterocycles. The highest BCUT2D eigenvalue weighted by Gasteiger charge is 2.29. The Labute approximate surface area is 282 Å². The summed E-state index contributed by atoms with van der Waals surface area (Å²) in [5.74, 6) is 0. The third-order valence-electron chi connectivity index (χ3n) is 8.08. The molecular formula is C40H34N2P2S2. The molecule has 226 valence electrons. The summed E-state index contributed by atoms with van der Waals surface area (Å²) in [6.07, 6.45) is 3.61. The highest BCUT2D eigenvalue weighted by atomic mass is 32.4. The second kappa shape index (κ2) is 14.0. The molecule has 0 fully saturated rings. The van der Waals surface area contributed by atoms with Gasteiger partial charge < -0.3 is 11.5 Å². The van der Waals surface area contributed by atoms with Crippen LogP contribution in [0.4, 0.5) is 0 Å². The monoisotopic (exact) mass is 668 g/mol. The molecule has 0 radical (unpaired) electrons. The van der Waals surface area contributed by atoms with E-state index in [1.807, 2.05) is 48.5 Å². The van der Waals surface area contributed by atoms with Gasteiger partial charge in [-0.3, -0.25) is 0 Å². The molecule has 0 aliphatic carbocycles. The molecule has 46 heavy (non-hydrogen) atoms. The number of hydrogen-bond acceptors (Lipinski definition) is 4. The molecule has 0 aliphatic heterocycles. The molecular weight excluding hydrogens is 635 g/mol. The van der Waals surface area contributed by atoms with Crippen LogP contribution in [-0.2, 0) is 23.6 Å². The zero-order valence-electron chi connectivity index (χ0n) is 25.2. The van der Waals surface area contributed by atoms with Gasteiger partial charge in [-0.25, -0.2) is 0 Å². The standard InChI is InChI=1S/C40H34N2P2S2/c41-30-31(36-25-13-15-27-39(36)43(45,32-17-5-1-6-18-32)33-19-7-2-8-20-33)29-38(42)37-26-14-16-28-40(37)44(46,34-21-9-3-10-22-34)35-23-11-4-12-24-35/h1-30H,41-42H2/b31-30+,38-29-. The van der Waals surface area contributed by atoms with Crippen molar-refractivity contribution in [3.05, 3.63) is 193 Å². The van der Waals surface area contributed by atoms with Crippen molar-refractivity contribution in [1.29, 1.82) is 0 Å². The summed E-state index contributed by atoms with van der Waals surface area (Å²) in [5, 5.41) is 6.57. The summed E-state index contributed by atoms with van der Waals surface area (Å²) in [6, 6.07) is 53.2. The second-order valence-corrected chi connectivity index (χ2v) is 19.6. The highest BCUT2D eigenvalue weighted by Crippen LogP contribution is 2.46. The molecule has 0 heterocycles. The van der Waals surface area contributed by atoms with Crippen LogP contribution in [0.2, 0.25) is 0 Å². The third-order valence-corrected chi connectivity index (χ3v) is 18.0. The SMILES string of the molecule is N/C=C(\C=C(/N)c1ccccc1P(=S)(c1ccccc1)c1ccccc1)c1ccccc1P(=S)(c1ccccc1)c1ccccc1. The lowest BCUT2D eigenvalue weighted by atomic mass is 10.0. The maximum atomic E-state index is 7.06. The number of hydrogen-bond donors (Lipinski definition) is 2. The van der Waals surface area contributed by atoms with Crippen molar-refractivity contribution >= 4 is 78.8 Å². The number of rotatable bonds is 9. The van der Waals surface area contributed by atoms with E-state index >= 15 is 0 Å². The molecule has 0 unspecified atom stereocenters. The van der Waals surface area contributed by atoms with Gasteiger partial charge in [0.15, 0.2) is 0 Å².